The van der Waals surface area contributed by atoms with Gasteiger partial charge in [-0.2, -0.15) is 4.80 Å². The number of rotatable bonds is 15. The van der Waals surface area contributed by atoms with E-state index in [0.29, 0.717) is 12.1 Å². The smallest absolute Gasteiger partial charge is 0.239 e. The van der Waals surface area contributed by atoms with Crippen molar-refractivity contribution in [3.05, 3.63) is 71.6 Å². The van der Waals surface area contributed by atoms with Gasteiger partial charge in [-0.05, 0) is 29.3 Å². The molecule has 1 heterocycles. The van der Waals surface area contributed by atoms with E-state index in [1.54, 1.807) is 12.1 Å². The molecule has 0 aliphatic heterocycles. The molecule has 0 fully saturated rings. The highest BCUT2D eigenvalue weighted by Gasteiger charge is 2.28. The first kappa shape index (κ1) is 26.4. The van der Waals surface area contributed by atoms with E-state index in [0.717, 1.165) is 25.0 Å². The largest absolute Gasteiger partial charge is 0.323 e. The van der Waals surface area contributed by atoms with Crippen molar-refractivity contribution in [2.75, 3.05) is 5.32 Å². The summed E-state index contributed by atoms with van der Waals surface area (Å²) in [7, 11) is 0. The monoisotopic (exact) mass is 483 g/mol. The van der Waals surface area contributed by atoms with E-state index in [1.165, 1.54) is 62.2 Å². The molecule has 188 valence electrons. The molecule has 1 aromatic heterocycles. The highest BCUT2D eigenvalue weighted by atomic mass is 19.1. The molecule has 0 spiro atoms. The summed E-state index contributed by atoms with van der Waals surface area (Å²) in [6.45, 7) is 2.86. The molecule has 2 aromatic carbocycles. The van der Waals surface area contributed by atoms with Crippen LogP contribution in [0.15, 0.2) is 48.5 Å². The number of halogens is 2. The van der Waals surface area contributed by atoms with Crippen LogP contribution in [0.5, 0.6) is 0 Å². The summed E-state index contributed by atoms with van der Waals surface area (Å²) in [5.41, 5.74) is 0.557. The number of benzene rings is 2. The van der Waals surface area contributed by atoms with Gasteiger partial charge in [-0.15, -0.1) is 10.2 Å². The van der Waals surface area contributed by atoms with Crippen LogP contribution in [0.25, 0.3) is 0 Å². The molecule has 0 saturated carbocycles. The third-order valence-electron chi connectivity index (χ3n) is 6.02. The molecule has 0 unspecified atom stereocenters. The number of aromatic nitrogens is 4. The Morgan fingerprint density at radius 3 is 2.23 bits per heavy atom. The molecule has 3 rings (SSSR count). The minimum atomic E-state index is -0.873. The maximum Gasteiger partial charge on any atom is 0.239 e. The van der Waals surface area contributed by atoms with Gasteiger partial charge in [0.2, 0.25) is 5.91 Å². The van der Waals surface area contributed by atoms with E-state index < -0.39 is 23.5 Å². The van der Waals surface area contributed by atoms with E-state index in [4.69, 9.17) is 0 Å². The second kappa shape index (κ2) is 14.3. The summed E-state index contributed by atoms with van der Waals surface area (Å²) in [4.78, 5) is 14.6. The predicted octanol–water partition coefficient (Wildman–Crippen LogP) is 6.64. The number of unbranched alkanes of at least 4 members (excludes halogenated alkanes) is 9. The average molecular weight is 484 g/mol. The van der Waals surface area contributed by atoms with Gasteiger partial charge >= 0.3 is 0 Å². The van der Waals surface area contributed by atoms with Crippen LogP contribution < -0.4 is 5.32 Å². The molecule has 1 amide bonds. The lowest BCUT2D eigenvalue weighted by Gasteiger charge is -2.14. The highest BCUT2D eigenvalue weighted by molar-refractivity contribution is 5.97. The summed E-state index contributed by atoms with van der Waals surface area (Å²) in [6.07, 6.45) is 12.4. The number of hydrogen-bond donors (Lipinski definition) is 1. The third-order valence-corrected chi connectivity index (χ3v) is 6.02. The molecule has 0 aliphatic carbocycles. The van der Waals surface area contributed by atoms with Crippen LogP contribution >= 0.6 is 0 Å². The fraction of sp³-hybridized carbons (Fsp3) is 0.481. The normalized spacial score (nSPS) is 12.0. The van der Waals surface area contributed by atoms with Crippen molar-refractivity contribution in [1.29, 1.82) is 0 Å². The minimum absolute atomic E-state index is 0.102. The summed E-state index contributed by atoms with van der Waals surface area (Å²) in [6, 6.07) is 12.0. The molecule has 3 aromatic rings. The van der Waals surface area contributed by atoms with Gasteiger partial charge in [0.1, 0.15) is 17.6 Å². The molecular weight excluding hydrogens is 448 g/mol. The Kier molecular flexibility index (Phi) is 10.8. The van der Waals surface area contributed by atoms with Crippen LogP contribution in [-0.4, -0.2) is 26.1 Å². The Hall–Kier alpha value is -3.16. The van der Waals surface area contributed by atoms with Crippen molar-refractivity contribution in [1.82, 2.24) is 20.2 Å². The number of anilines is 1. The number of aryl methyl sites for hydroxylation is 1. The number of hydrogen-bond acceptors (Lipinski definition) is 4. The van der Waals surface area contributed by atoms with Gasteiger partial charge in [-0.25, -0.2) is 8.78 Å². The van der Waals surface area contributed by atoms with E-state index in [-0.39, 0.29) is 11.5 Å². The van der Waals surface area contributed by atoms with Crippen molar-refractivity contribution >= 4 is 11.6 Å². The molecule has 0 aliphatic rings. The maximum atomic E-state index is 14.1. The third kappa shape index (κ3) is 8.53. The Morgan fingerprint density at radius 2 is 1.57 bits per heavy atom. The van der Waals surface area contributed by atoms with Crippen LogP contribution in [0.3, 0.4) is 0 Å². The SMILES string of the molecule is CCCCCCCCCCCCn1nnc([C@H](C(=O)Nc2ccc(F)cc2F)c2ccccc2)n1. The lowest BCUT2D eigenvalue weighted by Crippen LogP contribution is -2.24. The molecular formula is C27H35F2N5O. The van der Waals surface area contributed by atoms with Crippen molar-refractivity contribution in [3.63, 3.8) is 0 Å². The van der Waals surface area contributed by atoms with Gasteiger partial charge in [-0.1, -0.05) is 95.0 Å². The van der Waals surface area contributed by atoms with Crippen LogP contribution in [0.4, 0.5) is 14.5 Å². The first-order valence-corrected chi connectivity index (χ1v) is 12.7. The number of nitrogens with zero attached hydrogens (tertiary/aromatic N) is 4. The first-order valence-electron chi connectivity index (χ1n) is 12.7. The molecule has 35 heavy (non-hydrogen) atoms. The number of carbonyl (C=O) groups excluding carboxylic acids is 1. The Balaban J connectivity index is 1.55. The van der Waals surface area contributed by atoms with Gasteiger partial charge in [0.15, 0.2) is 5.82 Å². The molecule has 0 radical (unpaired) electrons. The van der Waals surface area contributed by atoms with Gasteiger partial charge in [-0.3, -0.25) is 4.79 Å². The summed E-state index contributed by atoms with van der Waals surface area (Å²) in [5, 5.41) is 15.2. The Morgan fingerprint density at radius 1 is 0.914 bits per heavy atom. The molecule has 6 nitrogen and oxygen atoms in total. The Labute approximate surface area is 206 Å². The second-order valence-electron chi connectivity index (χ2n) is 8.88. The average Bonchev–Trinajstić information content (AvgIpc) is 3.31. The zero-order valence-corrected chi connectivity index (χ0v) is 20.4. The maximum absolute atomic E-state index is 14.1. The fourth-order valence-corrected chi connectivity index (χ4v) is 4.07. The quantitative estimate of drug-likeness (QED) is 0.246. The van der Waals surface area contributed by atoms with Crippen LogP contribution in [0, 0.1) is 11.6 Å². The fourth-order valence-electron chi connectivity index (χ4n) is 4.07. The molecule has 1 N–H and O–H groups in total. The van der Waals surface area contributed by atoms with Crippen LogP contribution in [0.2, 0.25) is 0 Å². The highest BCUT2D eigenvalue weighted by Crippen LogP contribution is 2.25. The summed E-state index contributed by atoms with van der Waals surface area (Å²) in [5.74, 6) is -2.70. The van der Waals surface area contributed by atoms with Gasteiger partial charge in [0.25, 0.3) is 0 Å². The standard InChI is InChI=1S/C27H35F2N5O/c1-2-3-4-5-6-7-8-9-10-14-19-34-32-26(31-33-34)25(21-15-12-11-13-16-21)27(35)30-24-18-17-22(28)20-23(24)29/h11-13,15-18,20,25H,2-10,14,19H2,1H3,(H,30,35)/t25-/m1/s1. The Bertz CT molecular complexity index is 1040. The van der Waals surface area contributed by atoms with E-state index in [1.807, 2.05) is 18.2 Å². The molecule has 0 saturated heterocycles. The van der Waals surface area contributed by atoms with Crippen molar-refractivity contribution in [2.24, 2.45) is 0 Å². The minimum Gasteiger partial charge on any atom is -0.323 e. The number of tetrazole rings is 1. The van der Waals surface area contributed by atoms with Crippen molar-refractivity contribution < 1.29 is 13.6 Å². The lowest BCUT2D eigenvalue weighted by molar-refractivity contribution is -0.116. The van der Waals surface area contributed by atoms with Crippen molar-refractivity contribution in [2.45, 2.75) is 83.6 Å². The summed E-state index contributed by atoms with van der Waals surface area (Å²) >= 11 is 0. The van der Waals surface area contributed by atoms with E-state index in [9.17, 15) is 13.6 Å². The molecule has 0 bridgehead atoms. The van der Waals surface area contributed by atoms with Crippen LogP contribution in [-0.2, 0) is 11.3 Å². The van der Waals surface area contributed by atoms with E-state index >= 15 is 0 Å². The van der Waals surface area contributed by atoms with Gasteiger partial charge < -0.3 is 5.32 Å². The zero-order chi connectivity index (χ0) is 24.9. The summed E-state index contributed by atoms with van der Waals surface area (Å²) < 4.78 is 27.3. The van der Waals surface area contributed by atoms with Gasteiger partial charge in [0, 0.05) is 6.07 Å². The van der Waals surface area contributed by atoms with Gasteiger partial charge in [0.05, 0.1) is 12.2 Å². The number of nitrogens with one attached hydrogen (secondary N) is 1. The first-order chi connectivity index (χ1) is 17.1. The lowest BCUT2D eigenvalue weighted by atomic mass is 9.97. The van der Waals surface area contributed by atoms with Crippen molar-refractivity contribution in [3.8, 4) is 0 Å². The topological polar surface area (TPSA) is 72.7 Å². The second-order valence-corrected chi connectivity index (χ2v) is 8.88. The number of amides is 1. The van der Waals surface area contributed by atoms with E-state index in [2.05, 4.69) is 27.7 Å². The zero-order valence-electron chi connectivity index (χ0n) is 20.4. The molecule has 8 heteroatoms. The van der Waals surface area contributed by atoms with Crippen LogP contribution in [0.1, 0.15) is 88.4 Å². The predicted molar refractivity (Wildman–Crippen MR) is 133 cm³/mol. The number of carbonyl (C=O) groups is 1. The molecule has 1 atom stereocenters.